The standard InChI is InChI=1S/C11H21BrN2O3S/c1-3-10(12)11(15)13-9-5-7-14(8-6-9)18(16,17)4-2/h9-10H,3-8H2,1-2H3,(H,13,15). The monoisotopic (exact) mass is 340 g/mol. The molecule has 0 aromatic carbocycles. The van der Waals surface area contributed by atoms with Crippen LogP contribution in [-0.2, 0) is 14.8 Å². The van der Waals surface area contributed by atoms with Crippen LogP contribution < -0.4 is 5.32 Å². The van der Waals surface area contributed by atoms with E-state index < -0.39 is 10.0 Å². The molecule has 18 heavy (non-hydrogen) atoms. The fourth-order valence-electron chi connectivity index (χ4n) is 1.94. The van der Waals surface area contributed by atoms with Gasteiger partial charge in [-0.25, -0.2) is 12.7 Å². The Balaban J connectivity index is 2.43. The molecule has 0 bridgehead atoms. The van der Waals surface area contributed by atoms with Crippen molar-refractivity contribution < 1.29 is 13.2 Å². The average Bonchev–Trinajstić information content (AvgIpc) is 2.38. The Morgan fingerprint density at radius 1 is 1.39 bits per heavy atom. The maximum Gasteiger partial charge on any atom is 0.233 e. The smallest absolute Gasteiger partial charge is 0.233 e. The fourth-order valence-corrected chi connectivity index (χ4v) is 3.20. The number of nitrogens with one attached hydrogen (secondary N) is 1. The molecule has 1 fully saturated rings. The molecule has 1 saturated heterocycles. The lowest BCUT2D eigenvalue weighted by Crippen LogP contribution is -2.48. The molecule has 1 aliphatic rings. The molecule has 1 heterocycles. The first kappa shape index (κ1) is 15.9. The highest BCUT2D eigenvalue weighted by Crippen LogP contribution is 2.15. The fraction of sp³-hybridized carbons (Fsp3) is 0.909. The second-order valence-electron chi connectivity index (χ2n) is 4.46. The molecule has 0 aliphatic carbocycles. The van der Waals surface area contributed by atoms with Crippen molar-refractivity contribution in [1.82, 2.24) is 9.62 Å². The molecular formula is C11H21BrN2O3S. The summed E-state index contributed by atoms with van der Waals surface area (Å²) in [5.41, 5.74) is 0. The van der Waals surface area contributed by atoms with Crippen LogP contribution in [0.25, 0.3) is 0 Å². The number of carbonyl (C=O) groups excluding carboxylic acids is 1. The summed E-state index contributed by atoms with van der Waals surface area (Å²) in [6.45, 7) is 4.59. The maximum absolute atomic E-state index is 11.7. The minimum atomic E-state index is -3.08. The molecule has 0 spiro atoms. The Morgan fingerprint density at radius 3 is 2.39 bits per heavy atom. The van der Waals surface area contributed by atoms with Gasteiger partial charge in [0.25, 0.3) is 0 Å². The normalized spacial score (nSPS) is 20.6. The van der Waals surface area contributed by atoms with Crippen LogP contribution in [0.3, 0.4) is 0 Å². The summed E-state index contributed by atoms with van der Waals surface area (Å²) in [6.07, 6.45) is 2.12. The van der Waals surface area contributed by atoms with Gasteiger partial charge >= 0.3 is 0 Å². The van der Waals surface area contributed by atoms with Gasteiger partial charge in [-0.15, -0.1) is 0 Å². The lowest BCUT2D eigenvalue weighted by Gasteiger charge is -2.31. The maximum atomic E-state index is 11.7. The van der Waals surface area contributed by atoms with E-state index in [2.05, 4.69) is 21.2 Å². The molecule has 1 aliphatic heterocycles. The molecule has 1 atom stereocenters. The Bertz CT molecular complexity index is 378. The zero-order chi connectivity index (χ0) is 13.8. The van der Waals surface area contributed by atoms with Crippen molar-refractivity contribution in [2.75, 3.05) is 18.8 Å². The summed E-state index contributed by atoms with van der Waals surface area (Å²) in [5.74, 6) is 0.137. The van der Waals surface area contributed by atoms with Gasteiger partial charge in [0, 0.05) is 19.1 Å². The summed E-state index contributed by atoms with van der Waals surface area (Å²) >= 11 is 3.31. The number of hydrogen-bond donors (Lipinski definition) is 1. The van der Waals surface area contributed by atoms with Crippen molar-refractivity contribution >= 4 is 31.9 Å². The topological polar surface area (TPSA) is 66.5 Å². The molecule has 0 saturated carbocycles. The Labute approximate surface area is 117 Å². The molecule has 0 aromatic rings. The molecule has 5 nitrogen and oxygen atoms in total. The van der Waals surface area contributed by atoms with E-state index in [0.717, 1.165) is 6.42 Å². The third kappa shape index (κ3) is 4.20. The van der Waals surface area contributed by atoms with Gasteiger partial charge < -0.3 is 5.32 Å². The number of carbonyl (C=O) groups is 1. The van der Waals surface area contributed by atoms with Gasteiger partial charge in [0.2, 0.25) is 15.9 Å². The van der Waals surface area contributed by atoms with E-state index in [4.69, 9.17) is 0 Å². The predicted octanol–water partition coefficient (Wildman–Crippen LogP) is 1.09. The lowest BCUT2D eigenvalue weighted by molar-refractivity contribution is -0.121. The quantitative estimate of drug-likeness (QED) is 0.762. The van der Waals surface area contributed by atoms with Gasteiger partial charge in [-0.1, -0.05) is 22.9 Å². The van der Waals surface area contributed by atoms with E-state index in [1.807, 2.05) is 6.92 Å². The molecule has 106 valence electrons. The molecule has 1 rings (SSSR count). The van der Waals surface area contributed by atoms with Gasteiger partial charge in [-0.3, -0.25) is 4.79 Å². The van der Waals surface area contributed by atoms with E-state index in [0.29, 0.717) is 25.9 Å². The number of alkyl halides is 1. The first-order valence-corrected chi connectivity index (χ1v) is 8.85. The Morgan fingerprint density at radius 2 is 1.94 bits per heavy atom. The first-order chi connectivity index (χ1) is 8.40. The second kappa shape index (κ2) is 6.86. The molecule has 0 aromatic heterocycles. The number of halogens is 1. The van der Waals surface area contributed by atoms with Gasteiger partial charge in [0.1, 0.15) is 0 Å². The third-order valence-corrected chi connectivity index (χ3v) is 6.15. The highest BCUT2D eigenvalue weighted by molar-refractivity contribution is 9.10. The first-order valence-electron chi connectivity index (χ1n) is 6.33. The SMILES string of the molecule is CCC(Br)C(=O)NC1CCN(S(=O)(=O)CC)CC1. The van der Waals surface area contributed by atoms with E-state index in [1.54, 1.807) is 6.92 Å². The molecule has 0 radical (unpaired) electrons. The number of amides is 1. The van der Waals surface area contributed by atoms with Gasteiger partial charge in [-0.05, 0) is 26.2 Å². The largest absolute Gasteiger partial charge is 0.352 e. The van der Waals surface area contributed by atoms with Crippen LogP contribution in [0.15, 0.2) is 0 Å². The third-order valence-electron chi connectivity index (χ3n) is 3.20. The lowest BCUT2D eigenvalue weighted by atomic mass is 10.1. The van der Waals surface area contributed by atoms with Crippen molar-refractivity contribution in [2.45, 2.75) is 44.0 Å². The van der Waals surface area contributed by atoms with Gasteiger partial charge in [0.15, 0.2) is 0 Å². The van der Waals surface area contributed by atoms with Crippen LogP contribution in [0.2, 0.25) is 0 Å². The van der Waals surface area contributed by atoms with E-state index in [-0.39, 0.29) is 22.5 Å². The van der Waals surface area contributed by atoms with Crippen LogP contribution in [0.1, 0.15) is 33.1 Å². The highest BCUT2D eigenvalue weighted by atomic mass is 79.9. The summed E-state index contributed by atoms with van der Waals surface area (Å²) < 4.78 is 24.9. The second-order valence-corrected chi connectivity index (χ2v) is 7.82. The predicted molar refractivity (Wildman–Crippen MR) is 75.2 cm³/mol. The van der Waals surface area contributed by atoms with Crippen LogP contribution in [0.5, 0.6) is 0 Å². The van der Waals surface area contributed by atoms with Crippen LogP contribution in [-0.4, -0.2) is 48.3 Å². The summed E-state index contributed by atoms with van der Waals surface area (Å²) in [6, 6.07) is 0.0902. The van der Waals surface area contributed by atoms with Crippen LogP contribution >= 0.6 is 15.9 Å². The van der Waals surface area contributed by atoms with E-state index in [9.17, 15) is 13.2 Å². The number of nitrogens with zero attached hydrogens (tertiary/aromatic N) is 1. The van der Waals surface area contributed by atoms with Crippen molar-refractivity contribution in [2.24, 2.45) is 0 Å². The minimum Gasteiger partial charge on any atom is -0.352 e. The molecule has 1 unspecified atom stereocenters. The summed E-state index contributed by atoms with van der Waals surface area (Å²) in [4.78, 5) is 11.5. The summed E-state index contributed by atoms with van der Waals surface area (Å²) in [7, 11) is -3.08. The molecule has 1 N–H and O–H groups in total. The Kier molecular flexibility index (Phi) is 6.07. The van der Waals surface area contributed by atoms with Crippen molar-refractivity contribution in [3.05, 3.63) is 0 Å². The van der Waals surface area contributed by atoms with Gasteiger partial charge in [0.05, 0.1) is 10.6 Å². The van der Waals surface area contributed by atoms with Crippen LogP contribution in [0, 0.1) is 0 Å². The molecular weight excluding hydrogens is 320 g/mol. The zero-order valence-electron chi connectivity index (χ0n) is 10.9. The van der Waals surface area contributed by atoms with E-state index >= 15 is 0 Å². The number of hydrogen-bond acceptors (Lipinski definition) is 3. The number of sulfonamides is 1. The number of piperidine rings is 1. The van der Waals surface area contributed by atoms with Crippen molar-refractivity contribution in [3.8, 4) is 0 Å². The van der Waals surface area contributed by atoms with E-state index in [1.165, 1.54) is 4.31 Å². The average molecular weight is 341 g/mol. The number of rotatable bonds is 5. The van der Waals surface area contributed by atoms with Crippen molar-refractivity contribution in [3.63, 3.8) is 0 Å². The zero-order valence-corrected chi connectivity index (χ0v) is 13.3. The Hall–Kier alpha value is -0.140. The van der Waals surface area contributed by atoms with Gasteiger partial charge in [-0.2, -0.15) is 0 Å². The molecule has 1 amide bonds. The van der Waals surface area contributed by atoms with Crippen LogP contribution in [0.4, 0.5) is 0 Å². The highest BCUT2D eigenvalue weighted by Gasteiger charge is 2.28. The van der Waals surface area contributed by atoms with Crippen molar-refractivity contribution in [1.29, 1.82) is 0 Å². The summed E-state index contributed by atoms with van der Waals surface area (Å²) in [5, 5.41) is 2.95. The minimum absolute atomic E-state index is 0.00528. The molecule has 7 heteroatoms.